The molecule has 2 aromatic rings. The lowest BCUT2D eigenvalue weighted by Crippen LogP contribution is -2.23. The van der Waals surface area contributed by atoms with Crippen LogP contribution in [0.2, 0.25) is 0 Å². The van der Waals surface area contributed by atoms with Crippen LogP contribution >= 0.6 is 15.9 Å². The molecule has 0 aromatic heterocycles. The van der Waals surface area contributed by atoms with Gasteiger partial charge in [0.15, 0.2) is 0 Å². The Bertz CT molecular complexity index is 586. The van der Waals surface area contributed by atoms with E-state index in [9.17, 15) is 8.78 Å². The summed E-state index contributed by atoms with van der Waals surface area (Å²) in [6, 6.07) is 11.5. The zero-order valence-corrected chi connectivity index (χ0v) is 12.8. The molecule has 1 nitrogen and oxygen atoms in total. The third kappa shape index (κ3) is 3.87. The minimum Gasteiger partial charge on any atom is -0.310 e. The van der Waals surface area contributed by atoms with Crippen molar-refractivity contribution in [1.29, 1.82) is 0 Å². The zero-order valence-electron chi connectivity index (χ0n) is 11.2. The van der Waals surface area contributed by atoms with E-state index in [0.717, 1.165) is 17.7 Å². The molecule has 2 rings (SSSR count). The fourth-order valence-electron chi connectivity index (χ4n) is 2.18. The molecule has 0 aliphatic carbocycles. The summed E-state index contributed by atoms with van der Waals surface area (Å²) in [7, 11) is 0. The Morgan fingerprint density at radius 1 is 1.15 bits per heavy atom. The second kappa shape index (κ2) is 6.95. The number of halogens is 3. The number of nitrogens with one attached hydrogen (secondary N) is 1. The van der Waals surface area contributed by atoms with E-state index in [1.807, 2.05) is 13.0 Å². The fourth-order valence-corrected chi connectivity index (χ4v) is 2.58. The van der Waals surface area contributed by atoms with Gasteiger partial charge in [-0.3, -0.25) is 0 Å². The van der Waals surface area contributed by atoms with Crippen LogP contribution in [0.4, 0.5) is 8.78 Å². The minimum atomic E-state index is -0.283. The molecule has 0 heterocycles. The Balaban J connectivity index is 2.24. The van der Waals surface area contributed by atoms with Crippen LogP contribution < -0.4 is 5.32 Å². The van der Waals surface area contributed by atoms with Gasteiger partial charge in [-0.25, -0.2) is 8.78 Å². The Kier molecular flexibility index (Phi) is 5.26. The monoisotopic (exact) mass is 339 g/mol. The van der Waals surface area contributed by atoms with E-state index < -0.39 is 0 Å². The molecule has 0 saturated carbocycles. The predicted molar refractivity (Wildman–Crippen MR) is 80.6 cm³/mol. The molecule has 0 spiro atoms. The van der Waals surface area contributed by atoms with E-state index in [0.29, 0.717) is 10.9 Å². The standard InChI is InChI=1S/C16H16BrF2N/c1-2-20-16(9-11-4-3-5-13(18)8-11)12-6-7-15(19)14(17)10-12/h3-8,10,16,20H,2,9H2,1H3. The molecule has 0 radical (unpaired) electrons. The topological polar surface area (TPSA) is 12.0 Å². The van der Waals surface area contributed by atoms with Gasteiger partial charge in [-0.05, 0) is 64.3 Å². The smallest absolute Gasteiger partial charge is 0.137 e. The first-order valence-corrected chi connectivity index (χ1v) is 7.32. The number of benzene rings is 2. The van der Waals surface area contributed by atoms with E-state index in [1.165, 1.54) is 18.2 Å². The zero-order chi connectivity index (χ0) is 14.5. The van der Waals surface area contributed by atoms with Crippen molar-refractivity contribution in [3.05, 3.63) is 69.7 Å². The molecular formula is C16H16BrF2N. The SMILES string of the molecule is CCNC(Cc1cccc(F)c1)c1ccc(F)c(Br)c1. The highest BCUT2D eigenvalue weighted by molar-refractivity contribution is 9.10. The Morgan fingerprint density at radius 2 is 1.95 bits per heavy atom. The molecule has 0 saturated heterocycles. The summed E-state index contributed by atoms with van der Waals surface area (Å²) >= 11 is 3.20. The predicted octanol–water partition coefficient (Wildman–Crippen LogP) is 4.62. The molecule has 1 unspecified atom stereocenters. The summed E-state index contributed by atoms with van der Waals surface area (Å²) in [4.78, 5) is 0. The van der Waals surface area contributed by atoms with E-state index in [1.54, 1.807) is 18.2 Å². The van der Waals surface area contributed by atoms with Gasteiger partial charge in [0, 0.05) is 6.04 Å². The van der Waals surface area contributed by atoms with Gasteiger partial charge in [0.05, 0.1) is 4.47 Å². The lowest BCUT2D eigenvalue weighted by molar-refractivity contribution is 0.543. The van der Waals surface area contributed by atoms with E-state index in [4.69, 9.17) is 0 Å². The number of likely N-dealkylation sites (N-methyl/N-ethyl adjacent to an activating group) is 1. The van der Waals surface area contributed by atoms with Crippen molar-refractivity contribution in [1.82, 2.24) is 5.32 Å². The van der Waals surface area contributed by atoms with Crippen molar-refractivity contribution in [3.8, 4) is 0 Å². The quantitative estimate of drug-likeness (QED) is 0.837. The van der Waals surface area contributed by atoms with Crippen molar-refractivity contribution in [2.24, 2.45) is 0 Å². The molecule has 20 heavy (non-hydrogen) atoms. The van der Waals surface area contributed by atoms with Gasteiger partial charge in [0.2, 0.25) is 0 Å². The van der Waals surface area contributed by atoms with Crippen molar-refractivity contribution >= 4 is 15.9 Å². The molecule has 0 fully saturated rings. The Labute approximate surface area is 126 Å². The maximum atomic E-state index is 13.3. The molecular weight excluding hydrogens is 324 g/mol. The molecule has 106 valence electrons. The van der Waals surface area contributed by atoms with Gasteiger partial charge in [-0.15, -0.1) is 0 Å². The highest BCUT2D eigenvalue weighted by Gasteiger charge is 2.13. The van der Waals surface area contributed by atoms with Crippen LogP contribution in [0, 0.1) is 11.6 Å². The Hall–Kier alpha value is -1.26. The molecule has 1 N–H and O–H groups in total. The van der Waals surface area contributed by atoms with Gasteiger partial charge in [-0.2, -0.15) is 0 Å². The number of hydrogen-bond donors (Lipinski definition) is 1. The third-order valence-electron chi connectivity index (χ3n) is 3.13. The van der Waals surface area contributed by atoms with Crippen LogP contribution in [0.15, 0.2) is 46.9 Å². The molecule has 4 heteroatoms. The first-order valence-electron chi connectivity index (χ1n) is 6.53. The second-order valence-electron chi connectivity index (χ2n) is 4.62. The minimum absolute atomic E-state index is 0.0266. The molecule has 0 aliphatic heterocycles. The van der Waals surface area contributed by atoms with E-state index in [-0.39, 0.29) is 17.7 Å². The maximum Gasteiger partial charge on any atom is 0.137 e. The largest absolute Gasteiger partial charge is 0.310 e. The number of hydrogen-bond acceptors (Lipinski definition) is 1. The average molecular weight is 340 g/mol. The Morgan fingerprint density at radius 3 is 2.60 bits per heavy atom. The van der Waals surface area contributed by atoms with Crippen molar-refractivity contribution in [2.75, 3.05) is 6.54 Å². The summed E-state index contributed by atoms with van der Waals surface area (Å²) in [6.07, 6.45) is 0.656. The lowest BCUT2D eigenvalue weighted by atomic mass is 9.98. The van der Waals surface area contributed by atoms with Crippen LogP contribution in [0.25, 0.3) is 0 Å². The van der Waals surface area contributed by atoms with Crippen molar-refractivity contribution in [3.63, 3.8) is 0 Å². The van der Waals surface area contributed by atoms with Crippen LogP contribution in [0.1, 0.15) is 24.1 Å². The second-order valence-corrected chi connectivity index (χ2v) is 5.47. The summed E-state index contributed by atoms with van der Waals surface area (Å²) in [6.45, 7) is 2.80. The number of rotatable bonds is 5. The van der Waals surface area contributed by atoms with Crippen LogP contribution in [0.5, 0.6) is 0 Å². The molecule has 0 amide bonds. The molecule has 1 atom stereocenters. The molecule has 0 aliphatic rings. The summed E-state index contributed by atoms with van der Waals surface area (Å²) < 4.78 is 27.0. The highest BCUT2D eigenvalue weighted by Crippen LogP contribution is 2.24. The van der Waals surface area contributed by atoms with Crippen molar-refractivity contribution in [2.45, 2.75) is 19.4 Å². The highest BCUT2D eigenvalue weighted by atomic mass is 79.9. The third-order valence-corrected chi connectivity index (χ3v) is 3.73. The maximum absolute atomic E-state index is 13.3. The van der Waals surface area contributed by atoms with Gasteiger partial charge in [0.25, 0.3) is 0 Å². The van der Waals surface area contributed by atoms with Gasteiger partial charge < -0.3 is 5.32 Å². The van der Waals surface area contributed by atoms with Crippen LogP contribution in [0.3, 0.4) is 0 Å². The molecule has 0 bridgehead atoms. The molecule has 2 aromatic carbocycles. The van der Waals surface area contributed by atoms with Crippen LogP contribution in [-0.4, -0.2) is 6.54 Å². The fraction of sp³-hybridized carbons (Fsp3) is 0.250. The first kappa shape index (κ1) is 15.1. The summed E-state index contributed by atoms with van der Waals surface area (Å²) in [5.74, 6) is -0.521. The van der Waals surface area contributed by atoms with Gasteiger partial charge in [0.1, 0.15) is 11.6 Å². The van der Waals surface area contributed by atoms with E-state index in [2.05, 4.69) is 21.2 Å². The van der Waals surface area contributed by atoms with Crippen LogP contribution in [-0.2, 0) is 6.42 Å². The van der Waals surface area contributed by atoms with E-state index >= 15 is 0 Å². The average Bonchev–Trinajstić information content (AvgIpc) is 2.41. The van der Waals surface area contributed by atoms with Gasteiger partial charge in [-0.1, -0.05) is 25.1 Å². The first-order chi connectivity index (χ1) is 9.60. The normalized spacial score (nSPS) is 12.4. The van der Waals surface area contributed by atoms with Crippen molar-refractivity contribution < 1.29 is 8.78 Å². The summed E-state index contributed by atoms with van der Waals surface area (Å²) in [5, 5.41) is 3.35. The lowest BCUT2D eigenvalue weighted by Gasteiger charge is -2.19. The summed E-state index contributed by atoms with van der Waals surface area (Å²) in [5.41, 5.74) is 1.89. The van der Waals surface area contributed by atoms with Gasteiger partial charge >= 0.3 is 0 Å².